The number of anilines is 1. The van der Waals surface area contributed by atoms with Crippen molar-refractivity contribution in [3.63, 3.8) is 0 Å². The number of nitrogens with two attached hydrogens (primary N) is 1. The molecule has 0 bridgehead atoms. The number of thiazole rings is 1. The van der Waals surface area contributed by atoms with E-state index in [9.17, 15) is 0 Å². The van der Waals surface area contributed by atoms with Crippen molar-refractivity contribution in [1.82, 2.24) is 9.88 Å². The van der Waals surface area contributed by atoms with E-state index in [1.807, 2.05) is 18.7 Å². The van der Waals surface area contributed by atoms with Crippen molar-refractivity contribution in [2.75, 3.05) is 30.8 Å². The third kappa shape index (κ3) is 1.89. The first kappa shape index (κ1) is 10.3. The Balaban J connectivity index is 2.20. The van der Waals surface area contributed by atoms with Crippen molar-refractivity contribution >= 4 is 28.9 Å². The molecular formula is C9H15N3S2. The first-order chi connectivity index (χ1) is 6.68. The molecule has 78 valence electrons. The summed E-state index contributed by atoms with van der Waals surface area (Å²) in [5.41, 5.74) is 5.77. The van der Waals surface area contributed by atoms with E-state index in [1.165, 1.54) is 10.8 Å². The van der Waals surface area contributed by atoms with E-state index < -0.39 is 0 Å². The van der Waals surface area contributed by atoms with Gasteiger partial charge in [-0.05, 0) is 14.0 Å². The van der Waals surface area contributed by atoms with Crippen molar-refractivity contribution in [3.8, 4) is 0 Å². The molecule has 14 heavy (non-hydrogen) atoms. The molecule has 1 aliphatic heterocycles. The molecule has 5 heteroatoms. The summed E-state index contributed by atoms with van der Waals surface area (Å²) < 4.78 is 0. The molecule has 1 saturated heterocycles. The SMILES string of the molecule is Cc1sc(C2CSCCN2C)nc1N. The molecule has 1 aromatic rings. The summed E-state index contributed by atoms with van der Waals surface area (Å²) in [7, 11) is 2.16. The van der Waals surface area contributed by atoms with E-state index in [0.717, 1.165) is 17.2 Å². The molecule has 1 aliphatic rings. The van der Waals surface area contributed by atoms with Gasteiger partial charge >= 0.3 is 0 Å². The first-order valence-electron chi connectivity index (χ1n) is 4.69. The molecule has 1 unspecified atom stereocenters. The summed E-state index contributed by atoms with van der Waals surface area (Å²) in [5, 5.41) is 1.18. The largest absolute Gasteiger partial charge is 0.383 e. The van der Waals surface area contributed by atoms with Crippen molar-refractivity contribution in [3.05, 3.63) is 9.88 Å². The minimum absolute atomic E-state index is 0.467. The lowest BCUT2D eigenvalue weighted by molar-refractivity contribution is 0.274. The lowest BCUT2D eigenvalue weighted by Gasteiger charge is -2.30. The molecule has 0 aliphatic carbocycles. The molecule has 1 aromatic heterocycles. The Kier molecular flexibility index (Phi) is 2.99. The van der Waals surface area contributed by atoms with E-state index in [1.54, 1.807) is 11.3 Å². The Hall–Kier alpha value is -0.260. The summed E-state index contributed by atoms with van der Waals surface area (Å²) in [6.07, 6.45) is 0. The van der Waals surface area contributed by atoms with E-state index in [2.05, 4.69) is 16.9 Å². The number of hydrogen-bond acceptors (Lipinski definition) is 5. The summed E-state index contributed by atoms with van der Waals surface area (Å²) >= 11 is 3.73. The topological polar surface area (TPSA) is 42.2 Å². The smallest absolute Gasteiger partial charge is 0.137 e. The summed E-state index contributed by atoms with van der Waals surface area (Å²) in [6, 6.07) is 0.467. The van der Waals surface area contributed by atoms with Crippen LogP contribution in [0.3, 0.4) is 0 Å². The average Bonchev–Trinajstić information content (AvgIpc) is 2.48. The van der Waals surface area contributed by atoms with Crippen LogP contribution in [0.1, 0.15) is 15.9 Å². The van der Waals surface area contributed by atoms with Crippen LogP contribution in [-0.2, 0) is 0 Å². The number of hydrogen-bond donors (Lipinski definition) is 1. The normalized spacial score (nSPS) is 24.0. The minimum atomic E-state index is 0.467. The maximum absolute atomic E-state index is 5.77. The van der Waals surface area contributed by atoms with Gasteiger partial charge in [-0.15, -0.1) is 11.3 Å². The number of nitrogens with zero attached hydrogens (tertiary/aromatic N) is 2. The van der Waals surface area contributed by atoms with Crippen LogP contribution in [0.4, 0.5) is 5.82 Å². The van der Waals surface area contributed by atoms with Crippen molar-refractivity contribution in [1.29, 1.82) is 0 Å². The highest BCUT2D eigenvalue weighted by molar-refractivity contribution is 7.99. The second kappa shape index (κ2) is 4.08. The number of aryl methyl sites for hydroxylation is 1. The van der Waals surface area contributed by atoms with Crippen LogP contribution in [0.2, 0.25) is 0 Å². The van der Waals surface area contributed by atoms with Gasteiger partial charge < -0.3 is 5.73 Å². The fraction of sp³-hybridized carbons (Fsp3) is 0.667. The molecule has 2 rings (SSSR count). The van der Waals surface area contributed by atoms with Crippen LogP contribution >= 0.6 is 23.1 Å². The fourth-order valence-corrected chi connectivity index (χ4v) is 3.85. The molecule has 1 fully saturated rings. The number of aromatic nitrogens is 1. The predicted octanol–water partition coefficient (Wildman–Crippen LogP) is 1.75. The van der Waals surface area contributed by atoms with E-state index in [0.29, 0.717) is 11.9 Å². The zero-order valence-corrected chi connectivity index (χ0v) is 10.1. The van der Waals surface area contributed by atoms with Crippen LogP contribution in [-0.4, -0.2) is 35.0 Å². The maximum atomic E-state index is 5.77. The zero-order chi connectivity index (χ0) is 10.1. The van der Waals surface area contributed by atoms with E-state index in [-0.39, 0.29) is 0 Å². The molecule has 1 atom stereocenters. The fourth-order valence-electron chi connectivity index (χ4n) is 1.52. The van der Waals surface area contributed by atoms with Crippen LogP contribution in [0.5, 0.6) is 0 Å². The minimum Gasteiger partial charge on any atom is -0.383 e. The molecule has 2 heterocycles. The van der Waals surface area contributed by atoms with E-state index >= 15 is 0 Å². The quantitative estimate of drug-likeness (QED) is 0.796. The van der Waals surface area contributed by atoms with Crippen molar-refractivity contribution in [2.24, 2.45) is 0 Å². The summed E-state index contributed by atoms with van der Waals surface area (Å²) in [4.78, 5) is 7.94. The third-order valence-corrected chi connectivity index (χ3v) is 4.64. The summed E-state index contributed by atoms with van der Waals surface area (Å²) in [6.45, 7) is 3.18. The molecule has 0 amide bonds. The van der Waals surface area contributed by atoms with Crippen LogP contribution in [0.25, 0.3) is 0 Å². The lowest BCUT2D eigenvalue weighted by Crippen LogP contribution is -2.32. The number of rotatable bonds is 1. The van der Waals surface area contributed by atoms with Crippen LogP contribution < -0.4 is 5.73 Å². The van der Waals surface area contributed by atoms with Crippen molar-refractivity contribution in [2.45, 2.75) is 13.0 Å². The Bertz CT molecular complexity index is 304. The van der Waals surface area contributed by atoms with Gasteiger partial charge in [0.1, 0.15) is 10.8 Å². The second-order valence-corrected chi connectivity index (χ2v) is 5.95. The molecule has 0 spiro atoms. The van der Waals surface area contributed by atoms with Gasteiger partial charge in [0.25, 0.3) is 0 Å². The van der Waals surface area contributed by atoms with Gasteiger partial charge in [-0.1, -0.05) is 0 Å². The number of thioether (sulfide) groups is 1. The molecule has 0 aromatic carbocycles. The Morgan fingerprint density at radius 2 is 2.36 bits per heavy atom. The second-order valence-electron chi connectivity index (χ2n) is 3.56. The Morgan fingerprint density at radius 1 is 1.57 bits per heavy atom. The van der Waals surface area contributed by atoms with Crippen LogP contribution in [0.15, 0.2) is 0 Å². The monoisotopic (exact) mass is 229 g/mol. The molecule has 3 nitrogen and oxygen atoms in total. The highest BCUT2D eigenvalue weighted by atomic mass is 32.2. The Morgan fingerprint density at radius 3 is 2.93 bits per heavy atom. The van der Waals surface area contributed by atoms with Crippen molar-refractivity contribution < 1.29 is 0 Å². The number of nitrogen functional groups attached to an aromatic ring is 1. The van der Waals surface area contributed by atoms with Gasteiger partial charge in [0, 0.05) is 22.9 Å². The Labute approximate surface area is 92.7 Å². The van der Waals surface area contributed by atoms with E-state index in [4.69, 9.17) is 5.73 Å². The standard InChI is InChI=1S/C9H15N3S2/c1-6-8(10)11-9(14-6)7-5-13-4-3-12(7)2/h7H,3-5,10H2,1-2H3. The molecule has 0 saturated carbocycles. The highest BCUT2D eigenvalue weighted by Crippen LogP contribution is 2.32. The third-order valence-electron chi connectivity index (χ3n) is 2.53. The summed E-state index contributed by atoms with van der Waals surface area (Å²) in [5.74, 6) is 3.07. The zero-order valence-electron chi connectivity index (χ0n) is 8.49. The average molecular weight is 229 g/mol. The molecular weight excluding hydrogens is 214 g/mol. The molecule has 0 radical (unpaired) electrons. The van der Waals surface area contributed by atoms with Crippen LogP contribution in [0, 0.1) is 6.92 Å². The maximum Gasteiger partial charge on any atom is 0.137 e. The van der Waals surface area contributed by atoms with Gasteiger partial charge in [0.2, 0.25) is 0 Å². The van der Waals surface area contributed by atoms with Gasteiger partial charge in [-0.25, -0.2) is 4.98 Å². The molecule has 2 N–H and O–H groups in total. The van der Waals surface area contributed by atoms with Gasteiger partial charge in [-0.2, -0.15) is 11.8 Å². The predicted molar refractivity (Wildman–Crippen MR) is 64.0 cm³/mol. The lowest BCUT2D eigenvalue weighted by atomic mass is 10.3. The van der Waals surface area contributed by atoms with Gasteiger partial charge in [-0.3, -0.25) is 4.90 Å². The highest BCUT2D eigenvalue weighted by Gasteiger charge is 2.24. The van der Waals surface area contributed by atoms with Gasteiger partial charge in [0.15, 0.2) is 0 Å². The van der Waals surface area contributed by atoms with Gasteiger partial charge in [0.05, 0.1) is 6.04 Å². The first-order valence-corrected chi connectivity index (χ1v) is 6.66.